The molecule has 1 amide bonds. The van der Waals surface area contributed by atoms with Gasteiger partial charge < -0.3 is 9.73 Å². The summed E-state index contributed by atoms with van der Waals surface area (Å²) in [5.41, 5.74) is 3.92. The molecule has 1 aromatic heterocycles. The van der Waals surface area contributed by atoms with Crippen molar-refractivity contribution in [2.24, 2.45) is 0 Å². The number of nitrogens with zero attached hydrogens (tertiary/aromatic N) is 1. The number of nitrogens with one attached hydrogen (secondary N) is 2. The summed E-state index contributed by atoms with van der Waals surface area (Å²) in [7, 11) is 0. The number of nitro benzene ring substituents is 1. The summed E-state index contributed by atoms with van der Waals surface area (Å²) >= 11 is 5.34. The van der Waals surface area contributed by atoms with Crippen LogP contribution in [0.4, 0.5) is 11.4 Å². The Balaban J connectivity index is 1.31. The van der Waals surface area contributed by atoms with Crippen LogP contribution in [0.3, 0.4) is 0 Å². The van der Waals surface area contributed by atoms with E-state index in [9.17, 15) is 14.9 Å². The van der Waals surface area contributed by atoms with Gasteiger partial charge in [0.25, 0.3) is 11.6 Å². The number of aryl methyl sites for hydroxylation is 2. The first-order chi connectivity index (χ1) is 15.5. The molecule has 0 fully saturated rings. The van der Waals surface area contributed by atoms with E-state index in [1.807, 2.05) is 18.2 Å². The van der Waals surface area contributed by atoms with Gasteiger partial charge in [-0.2, -0.15) is 0 Å². The molecule has 0 saturated carbocycles. The van der Waals surface area contributed by atoms with Crippen LogP contribution >= 0.6 is 12.2 Å². The minimum absolute atomic E-state index is 0.0519. The van der Waals surface area contributed by atoms with Crippen LogP contribution in [-0.2, 0) is 12.8 Å². The molecule has 0 saturated heterocycles. The molecule has 0 spiro atoms. The van der Waals surface area contributed by atoms with Crippen molar-refractivity contribution < 1.29 is 14.1 Å². The standard InChI is InChI=1S/C24H17N3O4S/c28-23(21-12-11-20(31-21)16-4-1-5-17(13-16)27(29)30)26-24(32)25-19-10-9-15-8-7-14-3-2-6-18(19)22(14)15/h1-6,9-13H,7-8H2,(H2,25,26,28,32). The lowest BCUT2D eigenvalue weighted by atomic mass is 10.0. The van der Waals surface area contributed by atoms with Gasteiger partial charge in [-0.15, -0.1) is 0 Å². The number of benzene rings is 3. The van der Waals surface area contributed by atoms with Crippen LogP contribution in [0.2, 0.25) is 0 Å². The molecule has 0 aliphatic heterocycles. The van der Waals surface area contributed by atoms with Crippen LogP contribution in [0.25, 0.3) is 22.1 Å². The van der Waals surface area contributed by atoms with E-state index in [1.165, 1.54) is 34.7 Å². The van der Waals surface area contributed by atoms with Gasteiger partial charge in [-0.25, -0.2) is 0 Å². The largest absolute Gasteiger partial charge is 0.451 e. The average molecular weight is 443 g/mol. The predicted molar refractivity (Wildman–Crippen MR) is 126 cm³/mol. The molecule has 0 unspecified atom stereocenters. The summed E-state index contributed by atoms with van der Waals surface area (Å²) in [4.78, 5) is 23.1. The highest BCUT2D eigenvalue weighted by molar-refractivity contribution is 7.80. The van der Waals surface area contributed by atoms with E-state index >= 15 is 0 Å². The number of rotatable bonds is 4. The smallest absolute Gasteiger partial charge is 0.293 e. The fourth-order valence-corrected chi connectivity index (χ4v) is 4.26. The van der Waals surface area contributed by atoms with Gasteiger partial charge >= 0.3 is 0 Å². The number of carbonyl (C=O) groups is 1. The zero-order valence-electron chi connectivity index (χ0n) is 16.8. The molecule has 158 valence electrons. The Bertz CT molecular complexity index is 1400. The number of amides is 1. The summed E-state index contributed by atoms with van der Waals surface area (Å²) in [6.07, 6.45) is 2.06. The zero-order chi connectivity index (χ0) is 22.2. The van der Waals surface area contributed by atoms with Crippen molar-refractivity contribution in [3.8, 4) is 11.3 Å². The minimum Gasteiger partial charge on any atom is -0.451 e. The van der Waals surface area contributed by atoms with Gasteiger partial charge in [0.15, 0.2) is 10.9 Å². The quantitative estimate of drug-likeness (QED) is 0.255. The maximum absolute atomic E-state index is 12.6. The van der Waals surface area contributed by atoms with E-state index in [2.05, 4.69) is 22.8 Å². The third-order valence-electron chi connectivity index (χ3n) is 5.52. The van der Waals surface area contributed by atoms with Gasteiger partial charge in [-0.1, -0.05) is 36.4 Å². The van der Waals surface area contributed by atoms with Crippen molar-refractivity contribution in [3.05, 3.63) is 93.7 Å². The second-order valence-corrected chi connectivity index (χ2v) is 7.90. The van der Waals surface area contributed by atoms with E-state index in [4.69, 9.17) is 16.6 Å². The Morgan fingerprint density at radius 3 is 2.59 bits per heavy atom. The molecular weight excluding hydrogens is 426 g/mol. The molecule has 1 heterocycles. The van der Waals surface area contributed by atoms with E-state index in [-0.39, 0.29) is 16.6 Å². The number of hydrogen-bond acceptors (Lipinski definition) is 5. The molecular formula is C24H17N3O4S. The topological polar surface area (TPSA) is 97.4 Å². The Hall–Kier alpha value is -4.04. The monoisotopic (exact) mass is 443 g/mol. The van der Waals surface area contributed by atoms with Crippen LogP contribution in [0.5, 0.6) is 0 Å². The maximum atomic E-state index is 12.6. The molecule has 5 rings (SSSR count). The van der Waals surface area contributed by atoms with Crippen molar-refractivity contribution in [1.29, 1.82) is 0 Å². The Labute approximate surface area is 188 Å². The number of furan rings is 1. The van der Waals surface area contributed by atoms with Crippen molar-refractivity contribution in [2.75, 3.05) is 5.32 Å². The highest BCUT2D eigenvalue weighted by Crippen LogP contribution is 2.35. The predicted octanol–water partition coefficient (Wildman–Crippen LogP) is 5.23. The van der Waals surface area contributed by atoms with E-state index in [0.717, 1.165) is 23.9 Å². The lowest BCUT2D eigenvalue weighted by molar-refractivity contribution is -0.384. The third kappa shape index (κ3) is 3.61. The van der Waals surface area contributed by atoms with Gasteiger partial charge in [0, 0.05) is 28.8 Å². The minimum atomic E-state index is -0.509. The molecule has 0 bridgehead atoms. The molecule has 4 aromatic rings. The molecule has 1 aliphatic carbocycles. The van der Waals surface area contributed by atoms with Crippen molar-refractivity contribution in [1.82, 2.24) is 5.32 Å². The summed E-state index contributed by atoms with van der Waals surface area (Å²) in [6, 6.07) is 19.4. The lowest BCUT2D eigenvalue weighted by Crippen LogP contribution is -2.33. The van der Waals surface area contributed by atoms with Gasteiger partial charge in [-0.3, -0.25) is 20.2 Å². The third-order valence-corrected chi connectivity index (χ3v) is 5.73. The zero-order valence-corrected chi connectivity index (χ0v) is 17.6. The summed E-state index contributed by atoms with van der Waals surface area (Å²) in [5, 5.41) is 19.2. The van der Waals surface area contributed by atoms with Crippen molar-refractivity contribution in [3.63, 3.8) is 0 Å². The Morgan fingerprint density at radius 1 is 1.00 bits per heavy atom. The van der Waals surface area contributed by atoms with Gasteiger partial charge in [0.05, 0.1) is 4.92 Å². The molecule has 1 aliphatic rings. The second kappa shape index (κ2) is 7.90. The van der Waals surface area contributed by atoms with Gasteiger partial charge in [0.1, 0.15) is 5.76 Å². The average Bonchev–Trinajstić information content (AvgIpc) is 3.44. The number of hydrogen-bond donors (Lipinski definition) is 2. The molecule has 2 N–H and O–H groups in total. The number of nitro groups is 1. The van der Waals surface area contributed by atoms with E-state index in [0.29, 0.717) is 11.3 Å². The van der Waals surface area contributed by atoms with Crippen LogP contribution in [0, 0.1) is 10.1 Å². The van der Waals surface area contributed by atoms with E-state index < -0.39 is 10.8 Å². The first kappa shape index (κ1) is 19.9. The molecule has 3 aromatic carbocycles. The van der Waals surface area contributed by atoms with Crippen LogP contribution in [0.1, 0.15) is 21.7 Å². The molecule has 0 atom stereocenters. The molecule has 7 nitrogen and oxygen atoms in total. The van der Waals surface area contributed by atoms with Gasteiger partial charge in [0.2, 0.25) is 0 Å². The summed E-state index contributed by atoms with van der Waals surface area (Å²) < 4.78 is 5.61. The number of carbonyl (C=O) groups excluding carboxylic acids is 1. The maximum Gasteiger partial charge on any atom is 0.293 e. The second-order valence-electron chi connectivity index (χ2n) is 7.49. The number of anilines is 1. The number of non-ortho nitro benzene ring substituents is 1. The molecule has 32 heavy (non-hydrogen) atoms. The van der Waals surface area contributed by atoms with Crippen LogP contribution in [-0.4, -0.2) is 15.9 Å². The Kier molecular flexibility index (Phi) is 4.91. The van der Waals surface area contributed by atoms with Gasteiger partial charge in [-0.05, 0) is 59.8 Å². The summed E-state index contributed by atoms with van der Waals surface area (Å²) in [6.45, 7) is 0. The molecule has 0 radical (unpaired) electrons. The first-order valence-electron chi connectivity index (χ1n) is 10.00. The highest BCUT2D eigenvalue weighted by Gasteiger charge is 2.18. The lowest BCUT2D eigenvalue weighted by Gasteiger charge is -2.12. The van der Waals surface area contributed by atoms with Crippen LogP contribution in [0.15, 0.2) is 71.1 Å². The van der Waals surface area contributed by atoms with Crippen LogP contribution < -0.4 is 10.6 Å². The summed E-state index contributed by atoms with van der Waals surface area (Å²) in [5.74, 6) is -0.105. The van der Waals surface area contributed by atoms with Crippen molar-refractivity contribution in [2.45, 2.75) is 12.8 Å². The fourth-order valence-electron chi connectivity index (χ4n) is 4.06. The normalized spacial score (nSPS) is 12.0. The molecule has 8 heteroatoms. The Morgan fingerprint density at radius 2 is 1.78 bits per heavy atom. The SMILES string of the molecule is O=C(NC(=S)Nc1ccc2c3c(cccc13)CC2)c1ccc(-c2cccc([N+](=O)[O-])c2)o1. The van der Waals surface area contributed by atoms with Crippen molar-refractivity contribution >= 4 is 45.4 Å². The highest BCUT2D eigenvalue weighted by atomic mass is 32.1. The van der Waals surface area contributed by atoms with E-state index in [1.54, 1.807) is 18.2 Å². The number of thiocarbonyl (C=S) groups is 1. The fraction of sp³-hybridized carbons (Fsp3) is 0.0833. The first-order valence-corrected chi connectivity index (χ1v) is 10.4.